The molecule has 2 aliphatic rings. The number of anilines is 1. The number of fused-ring (bicyclic) bond motifs is 1. The van der Waals surface area contributed by atoms with E-state index in [-0.39, 0.29) is 19.0 Å². The van der Waals surface area contributed by atoms with Crippen LogP contribution in [0.5, 0.6) is 0 Å². The molecular formula is C17H18FN3O4. The molecule has 1 aromatic heterocycles. The molecule has 0 bridgehead atoms. The van der Waals surface area contributed by atoms with Crippen LogP contribution in [0.2, 0.25) is 0 Å². The van der Waals surface area contributed by atoms with Crippen molar-refractivity contribution in [2.24, 2.45) is 0 Å². The van der Waals surface area contributed by atoms with Crippen LogP contribution in [0.4, 0.5) is 10.2 Å². The minimum Gasteiger partial charge on any atom is -0.383 e. The van der Waals surface area contributed by atoms with E-state index in [4.69, 9.17) is 19.9 Å². The maximum Gasteiger partial charge on any atom is 0.349 e. The van der Waals surface area contributed by atoms with Gasteiger partial charge in [-0.25, -0.2) is 9.18 Å². The monoisotopic (exact) mass is 347 g/mol. The molecular weight excluding hydrogens is 329 g/mol. The number of halogens is 1. The average Bonchev–Trinajstić information content (AvgIpc) is 2.63. The predicted molar refractivity (Wildman–Crippen MR) is 86.6 cm³/mol. The van der Waals surface area contributed by atoms with Crippen LogP contribution in [0.1, 0.15) is 17.9 Å². The van der Waals surface area contributed by atoms with E-state index >= 15 is 4.39 Å². The van der Waals surface area contributed by atoms with Crippen LogP contribution in [-0.2, 0) is 14.2 Å². The van der Waals surface area contributed by atoms with Gasteiger partial charge >= 0.3 is 5.69 Å². The molecule has 0 radical (unpaired) electrons. The summed E-state index contributed by atoms with van der Waals surface area (Å²) in [6.07, 6.45) is -2.01. The van der Waals surface area contributed by atoms with Crippen molar-refractivity contribution in [3.05, 3.63) is 58.6 Å². The zero-order valence-electron chi connectivity index (χ0n) is 13.3. The second kappa shape index (κ2) is 6.55. The summed E-state index contributed by atoms with van der Waals surface area (Å²) in [5.41, 5.74) is 5.69. The first kappa shape index (κ1) is 16.2. The summed E-state index contributed by atoms with van der Waals surface area (Å²) in [5.74, 6) is 0.0951. The molecule has 4 rings (SSSR count). The fraction of sp³-hybridized carbons (Fsp3) is 0.412. The summed E-state index contributed by atoms with van der Waals surface area (Å²) >= 11 is 0. The average molecular weight is 347 g/mol. The summed E-state index contributed by atoms with van der Waals surface area (Å²) < 4.78 is 33.5. The lowest BCUT2D eigenvalue weighted by Gasteiger charge is -2.44. The minimum absolute atomic E-state index is 0.0383. The summed E-state index contributed by atoms with van der Waals surface area (Å²) in [5, 5.41) is 0. The van der Waals surface area contributed by atoms with Gasteiger partial charge in [0.1, 0.15) is 18.0 Å². The number of aromatic nitrogens is 2. The van der Waals surface area contributed by atoms with E-state index in [0.717, 1.165) is 5.56 Å². The molecule has 2 saturated heterocycles. The predicted octanol–water partition coefficient (Wildman–Crippen LogP) is 1.22. The maximum atomic E-state index is 15.2. The third-order valence-electron chi connectivity index (χ3n) is 4.50. The van der Waals surface area contributed by atoms with Crippen molar-refractivity contribution in [1.29, 1.82) is 0 Å². The van der Waals surface area contributed by atoms with Gasteiger partial charge < -0.3 is 19.9 Å². The Hall–Kier alpha value is -2.29. The van der Waals surface area contributed by atoms with Gasteiger partial charge in [0.05, 0.1) is 19.3 Å². The number of hydrogen-bond acceptors (Lipinski definition) is 6. The van der Waals surface area contributed by atoms with Crippen molar-refractivity contribution >= 4 is 5.82 Å². The number of nitrogen functional groups attached to an aromatic ring is 1. The van der Waals surface area contributed by atoms with Gasteiger partial charge in [0.15, 0.2) is 12.5 Å². The minimum atomic E-state index is -1.43. The number of nitrogens with two attached hydrogens (primary N) is 1. The number of benzene rings is 1. The van der Waals surface area contributed by atoms with Gasteiger partial charge in [-0.1, -0.05) is 30.3 Å². The first-order valence-electron chi connectivity index (χ1n) is 8.06. The molecule has 2 fully saturated rings. The highest BCUT2D eigenvalue weighted by molar-refractivity contribution is 5.24. The van der Waals surface area contributed by atoms with Crippen molar-refractivity contribution < 1.29 is 18.6 Å². The SMILES string of the molecule is Nc1ccn(C2COC3COC(c4ccccc4)OC3C2F)c(=O)n1. The van der Waals surface area contributed by atoms with E-state index < -0.39 is 36.4 Å². The molecule has 0 aliphatic carbocycles. The van der Waals surface area contributed by atoms with Crippen molar-refractivity contribution in [2.75, 3.05) is 18.9 Å². The molecule has 25 heavy (non-hydrogen) atoms. The third kappa shape index (κ3) is 3.04. The van der Waals surface area contributed by atoms with E-state index in [1.807, 2.05) is 30.3 Å². The third-order valence-corrected chi connectivity index (χ3v) is 4.50. The van der Waals surface area contributed by atoms with Gasteiger partial charge in [-0.05, 0) is 6.07 Å². The van der Waals surface area contributed by atoms with E-state index in [1.54, 1.807) is 0 Å². The molecule has 0 saturated carbocycles. The molecule has 132 valence electrons. The molecule has 2 aliphatic heterocycles. The van der Waals surface area contributed by atoms with Gasteiger partial charge in [0.25, 0.3) is 0 Å². The van der Waals surface area contributed by atoms with Gasteiger partial charge in [0.2, 0.25) is 0 Å². The maximum absolute atomic E-state index is 15.2. The second-order valence-electron chi connectivity index (χ2n) is 6.10. The molecule has 2 aromatic rings. The molecule has 0 spiro atoms. The van der Waals surface area contributed by atoms with E-state index in [2.05, 4.69) is 4.98 Å². The summed E-state index contributed by atoms with van der Waals surface area (Å²) in [7, 11) is 0. The van der Waals surface area contributed by atoms with Crippen LogP contribution in [0, 0.1) is 0 Å². The zero-order valence-corrected chi connectivity index (χ0v) is 13.3. The molecule has 0 amide bonds. The number of nitrogens with zero attached hydrogens (tertiary/aromatic N) is 2. The van der Waals surface area contributed by atoms with Crippen LogP contribution in [0.3, 0.4) is 0 Å². The van der Waals surface area contributed by atoms with Gasteiger partial charge in [-0.2, -0.15) is 4.98 Å². The lowest BCUT2D eigenvalue weighted by Crippen LogP contribution is -2.56. The van der Waals surface area contributed by atoms with Gasteiger partial charge in [-0.15, -0.1) is 0 Å². The van der Waals surface area contributed by atoms with Crippen LogP contribution < -0.4 is 11.4 Å². The Morgan fingerprint density at radius 3 is 2.72 bits per heavy atom. The topological polar surface area (TPSA) is 88.6 Å². The Morgan fingerprint density at radius 2 is 1.96 bits per heavy atom. The van der Waals surface area contributed by atoms with Crippen LogP contribution in [0.25, 0.3) is 0 Å². The number of rotatable bonds is 2. The van der Waals surface area contributed by atoms with Crippen molar-refractivity contribution in [2.45, 2.75) is 30.7 Å². The van der Waals surface area contributed by atoms with Crippen molar-refractivity contribution in [1.82, 2.24) is 9.55 Å². The Balaban J connectivity index is 1.57. The summed E-state index contributed by atoms with van der Waals surface area (Å²) in [4.78, 5) is 15.7. The molecule has 7 nitrogen and oxygen atoms in total. The van der Waals surface area contributed by atoms with E-state index in [0.29, 0.717) is 0 Å². The van der Waals surface area contributed by atoms with Crippen LogP contribution >= 0.6 is 0 Å². The molecule has 5 unspecified atom stereocenters. The standard InChI is InChI=1S/C17H18FN3O4/c18-14-11(21-7-6-13(19)20-17(21)22)8-23-12-9-24-16(25-15(12)14)10-4-2-1-3-5-10/h1-7,11-12,14-16H,8-9H2,(H2,19,20,22). The summed E-state index contributed by atoms with van der Waals surface area (Å²) in [6, 6.07) is 9.95. The fourth-order valence-electron chi connectivity index (χ4n) is 3.20. The highest BCUT2D eigenvalue weighted by Crippen LogP contribution is 2.36. The van der Waals surface area contributed by atoms with Crippen molar-refractivity contribution in [3.8, 4) is 0 Å². The van der Waals surface area contributed by atoms with E-state index in [9.17, 15) is 4.79 Å². The zero-order chi connectivity index (χ0) is 17.4. The highest BCUT2D eigenvalue weighted by atomic mass is 19.1. The van der Waals surface area contributed by atoms with Crippen molar-refractivity contribution in [3.63, 3.8) is 0 Å². The summed E-state index contributed by atoms with van der Waals surface area (Å²) in [6.45, 7) is 0.267. The largest absolute Gasteiger partial charge is 0.383 e. The molecule has 1 aromatic carbocycles. The second-order valence-corrected chi connectivity index (χ2v) is 6.10. The molecule has 3 heterocycles. The lowest BCUT2D eigenvalue weighted by atomic mass is 9.98. The highest BCUT2D eigenvalue weighted by Gasteiger charge is 2.47. The molecule has 8 heteroatoms. The number of ether oxygens (including phenoxy) is 3. The van der Waals surface area contributed by atoms with Gasteiger partial charge in [-0.3, -0.25) is 4.57 Å². The first-order valence-corrected chi connectivity index (χ1v) is 8.06. The van der Waals surface area contributed by atoms with Gasteiger partial charge in [0, 0.05) is 11.8 Å². The number of hydrogen-bond donors (Lipinski definition) is 1. The Labute approximate surface area is 143 Å². The Bertz CT molecular complexity index is 800. The Morgan fingerprint density at radius 1 is 1.16 bits per heavy atom. The molecule has 5 atom stereocenters. The number of alkyl halides is 1. The van der Waals surface area contributed by atoms with Crippen LogP contribution in [0.15, 0.2) is 47.4 Å². The Kier molecular flexibility index (Phi) is 4.24. The van der Waals surface area contributed by atoms with Crippen LogP contribution in [-0.4, -0.2) is 41.1 Å². The normalized spacial score (nSPS) is 32.1. The first-order chi connectivity index (χ1) is 12.1. The quantitative estimate of drug-likeness (QED) is 0.879. The fourth-order valence-corrected chi connectivity index (χ4v) is 3.20. The molecule has 2 N–H and O–H groups in total. The lowest BCUT2D eigenvalue weighted by molar-refractivity contribution is -0.298. The smallest absolute Gasteiger partial charge is 0.349 e. The van der Waals surface area contributed by atoms with E-state index in [1.165, 1.54) is 16.8 Å².